The second kappa shape index (κ2) is 22.5. The van der Waals surface area contributed by atoms with E-state index in [0.717, 1.165) is 22.4 Å². The first-order valence-electron chi connectivity index (χ1n) is 21.5. The number of carbonyl (C=O) groups excluding carboxylic acids is 5. The molecule has 0 aromatic heterocycles. The molecule has 4 atom stereocenters. The zero-order valence-electron chi connectivity index (χ0n) is 37.1. The second-order valence-electron chi connectivity index (χ2n) is 17.6. The van der Waals surface area contributed by atoms with Crippen LogP contribution in [-0.2, 0) is 36.9 Å². The molecule has 14 nitrogen and oxygen atoms in total. The Morgan fingerprint density at radius 1 is 0.635 bits per heavy atom. The number of benzene rings is 4. The summed E-state index contributed by atoms with van der Waals surface area (Å²) in [7, 11) is 0. The van der Waals surface area contributed by atoms with Crippen LogP contribution >= 0.6 is 0 Å². The Morgan fingerprint density at radius 3 is 1.92 bits per heavy atom. The molecule has 0 spiro atoms. The van der Waals surface area contributed by atoms with Gasteiger partial charge in [-0.1, -0.05) is 78.9 Å². The van der Waals surface area contributed by atoms with Crippen LogP contribution in [0.25, 0.3) is 0 Å². The highest BCUT2D eigenvalue weighted by Crippen LogP contribution is 2.34. The van der Waals surface area contributed by atoms with E-state index in [1.165, 1.54) is 0 Å². The first-order chi connectivity index (χ1) is 30.0. The van der Waals surface area contributed by atoms with Crippen LogP contribution in [0.3, 0.4) is 0 Å². The van der Waals surface area contributed by atoms with Gasteiger partial charge in [-0.3, -0.25) is 14.4 Å². The van der Waals surface area contributed by atoms with Crippen molar-refractivity contribution >= 4 is 41.3 Å². The van der Waals surface area contributed by atoms with Gasteiger partial charge in [-0.25, -0.2) is 9.59 Å². The summed E-state index contributed by atoms with van der Waals surface area (Å²) in [5.41, 5.74) is 2.80. The lowest BCUT2D eigenvalue weighted by atomic mass is 9.93. The van der Waals surface area contributed by atoms with Gasteiger partial charge in [-0.05, 0) is 114 Å². The highest BCUT2D eigenvalue weighted by atomic mass is 16.6. The SMILES string of the molecule is CC(C)(C)OC(=O)NCCCC[C@H](NC(=O)[C@H](Cc1ccc(OCc2ccccc2)cc1)NC(=O)OC(C)(C)C)C(=O)N[C@@H](CC1CNc2ccccc21)C(=O)Nc1ccccc1. The van der Waals surface area contributed by atoms with Crippen molar-refractivity contribution in [2.24, 2.45) is 0 Å². The number of alkyl carbamates (subject to hydrolysis) is 2. The minimum atomic E-state index is -1.15. The van der Waals surface area contributed by atoms with Crippen LogP contribution in [0, 0.1) is 0 Å². The molecule has 0 bridgehead atoms. The van der Waals surface area contributed by atoms with Crippen LogP contribution in [-0.4, -0.2) is 72.3 Å². The van der Waals surface area contributed by atoms with Gasteiger partial charge >= 0.3 is 12.2 Å². The Morgan fingerprint density at radius 2 is 1.24 bits per heavy atom. The van der Waals surface area contributed by atoms with Crippen molar-refractivity contribution in [3.63, 3.8) is 0 Å². The van der Waals surface area contributed by atoms with Crippen molar-refractivity contribution in [1.82, 2.24) is 21.3 Å². The number of para-hydroxylation sites is 2. The Bertz CT molecular complexity index is 2120. The predicted octanol–water partition coefficient (Wildman–Crippen LogP) is 7.60. The molecule has 0 radical (unpaired) electrons. The number of nitrogens with one attached hydrogen (secondary N) is 6. The van der Waals surface area contributed by atoms with E-state index >= 15 is 0 Å². The maximum absolute atomic E-state index is 14.4. The fourth-order valence-corrected chi connectivity index (χ4v) is 6.98. The average molecular weight is 863 g/mol. The minimum absolute atomic E-state index is 0.0639. The molecule has 5 amide bonds. The van der Waals surface area contributed by atoms with Gasteiger partial charge in [-0.2, -0.15) is 0 Å². The highest BCUT2D eigenvalue weighted by Gasteiger charge is 2.34. The average Bonchev–Trinajstić information content (AvgIpc) is 3.64. The van der Waals surface area contributed by atoms with E-state index in [0.29, 0.717) is 37.4 Å². The third-order valence-electron chi connectivity index (χ3n) is 9.97. The van der Waals surface area contributed by atoms with Crippen LogP contribution in [0.1, 0.15) is 89.8 Å². The molecule has 0 aliphatic carbocycles. The number of fused-ring (bicyclic) bond motifs is 1. The largest absolute Gasteiger partial charge is 0.489 e. The van der Waals surface area contributed by atoms with Crippen LogP contribution in [0.5, 0.6) is 5.75 Å². The summed E-state index contributed by atoms with van der Waals surface area (Å²) in [5.74, 6) is -1.07. The molecule has 0 fully saturated rings. The monoisotopic (exact) mass is 862 g/mol. The van der Waals surface area contributed by atoms with Crippen LogP contribution in [0.2, 0.25) is 0 Å². The second-order valence-corrected chi connectivity index (χ2v) is 17.6. The third kappa shape index (κ3) is 16.3. The van der Waals surface area contributed by atoms with Gasteiger partial charge in [0.05, 0.1) is 0 Å². The quantitative estimate of drug-likeness (QED) is 0.0517. The third-order valence-corrected chi connectivity index (χ3v) is 9.97. The van der Waals surface area contributed by atoms with E-state index in [-0.39, 0.29) is 31.7 Å². The van der Waals surface area contributed by atoms with E-state index in [2.05, 4.69) is 31.9 Å². The molecule has 14 heteroatoms. The molecule has 0 saturated heterocycles. The van der Waals surface area contributed by atoms with Gasteiger partial charge in [0.25, 0.3) is 0 Å². The van der Waals surface area contributed by atoms with E-state index in [1.807, 2.05) is 72.8 Å². The molecule has 4 aromatic carbocycles. The van der Waals surface area contributed by atoms with Crippen LogP contribution in [0.4, 0.5) is 21.0 Å². The van der Waals surface area contributed by atoms with Crippen LogP contribution in [0.15, 0.2) is 109 Å². The summed E-state index contributed by atoms with van der Waals surface area (Å²) >= 11 is 0. The number of rotatable bonds is 19. The Kier molecular flexibility index (Phi) is 17.0. The fourth-order valence-electron chi connectivity index (χ4n) is 6.98. The van der Waals surface area contributed by atoms with Gasteiger partial charge in [0.1, 0.15) is 41.7 Å². The van der Waals surface area contributed by atoms with E-state index in [1.54, 1.807) is 77.9 Å². The number of carbonyl (C=O) groups is 5. The summed E-state index contributed by atoms with van der Waals surface area (Å²) in [6, 6.07) is 30.6. The Hall–Kier alpha value is -6.57. The minimum Gasteiger partial charge on any atom is -0.489 e. The lowest BCUT2D eigenvalue weighted by molar-refractivity contribution is -0.132. The van der Waals surface area contributed by atoms with Crippen LogP contribution < -0.4 is 36.6 Å². The van der Waals surface area contributed by atoms with E-state index < -0.39 is 59.2 Å². The van der Waals surface area contributed by atoms with Gasteiger partial charge < -0.3 is 46.1 Å². The van der Waals surface area contributed by atoms with Gasteiger partial charge in [0, 0.05) is 36.8 Å². The first-order valence-corrected chi connectivity index (χ1v) is 21.5. The van der Waals surface area contributed by atoms with Crippen molar-refractivity contribution in [2.45, 2.75) is 115 Å². The molecule has 63 heavy (non-hydrogen) atoms. The zero-order chi connectivity index (χ0) is 45.4. The summed E-state index contributed by atoms with van der Waals surface area (Å²) in [6.45, 7) is 11.7. The topological polar surface area (TPSA) is 185 Å². The van der Waals surface area contributed by atoms with Crippen molar-refractivity contribution in [3.8, 4) is 5.75 Å². The predicted molar refractivity (Wildman–Crippen MR) is 243 cm³/mol. The van der Waals surface area contributed by atoms with Gasteiger partial charge in [0.15, 0.2) is 0 Å². The summed E-state index contributed by atoms with van der Waals surface area (Å²) in [6.07, 6.45) is -0.00329. The number of hydrogen-bond donors (Lipinski definition) is 6. The fraction of sp³-hybridized carbons (Fsp3) is 0.408. The van der Waals surface area contributed by atoms with E-state index in [4.69, 9.17) is 14.2 Å². The normalized spacial score (nSPS) is 14.7. The summed E-state index contributed by atoms with van der Waals surface area (Å²) < 4.78 is 16.8. The van der Waals surface area contributed by atoms with Gasteiger partial charge in [-0.15, -0.1) is 0 Å². The van der Waals surface area contributed by atoms with Crippen molar-refractivity contribution in [1.29, 1.82) is 0 Å². The molecular weight excluding hydrogens is 801 g/mol. The van der Waals surface area contributed by atoms with Crippen molar-refractivity contribution < 1.29 is 38.2 Å². The molecule has 336 valence electrons. The van der Waals surface area contributed by atoms with Crippen molar-refractivity contribution in [2.75, 3.05) is 23.7 Å². The Labute approximate surface area is 370 Å². The number of hydrogen-bond acceptors (Lipinski definition) is 9. The number of anilines is 2. The van der Waals surface area contributed by atoms with Gasteiger partial charge in [0.2, 0.25) is 17.7 Å². The smallest absolute Gasteiger partial charge is 0.408 e. The Balaban J connectivity index is 1.35. The molecule has 5 rings (SSSR count). The standard InChI is InChI=1S/C49H62N6O8/c1-48(2,3)62-46(59)50-28-16-15-23-40(43(56)54-42(44(57)52-36-19-11-8-12-20-36)30-35-31-51-39-22-14-13-21-38(35)39)53-45(58)41(55-47(60)63-49(4,5)6)29-33-24-26-37(27-25-33)61-32-34-17-9-7-10-18-34/h7-14,17-22,24-27,35,40-42,51H,15-16,23,28-32H2,1-6H3,(H,50,59)(H,52,57)(H,53,58)(H,54,56)(H,55,60)/t35?,40-,41-,42-/m0/s1. The number of unbranched alkanes of at least 4 members (excludes halogenated alkanes) is 1. The molecule has 1 aliphatic heterocycles. The van der Waals surface area contributed by atoms with Crippen molar-refractivity contribution in [3.05, 3.63) is 126 Å². The van der Waals surface area contributed by atoms with E-state index in [9.17, 15) is 24.0 Å². The first kappa shape index (κ1) is 47.5. The molecule has 4 aromatic rings. The zero-order valence-corrected chi connectivity index (χ0v) is 37.1. The summed E-state index contributed by atoms with van der Waals surface area (Å²) in [5, 5.41) is 17.6. The maximum atomic E-state index is 14.4. The molecule has 1 aliphatic rings. The maximum Gasteiger partial charge on any atom is 0.408 e. The molecule has 1 heterocycles. The number of ether oxygens (including phenoxy) is 3. The molecular formula is C49H62N6O8. The molecule has 1 unspecified atom stereocenters. The summed E-state index contributed by atoms with van der Waals surface area (Å²) in [4.78, 5) is 68.2. The molecule has 6 N–H and O–H groups in total. The highest BCUT2D eigenvalue weighted by molar-refractivity contribution is 5.99. The lowest BCUT2D eigenvalue weighted by Gasteiger charge is -2.27. The number of amides is 5. The molecule has 0 saturated carbocycles. The lowest BCUT2D eigenvalue weighted by Crippen LogP contribution is -2.57.